The quantitative estimate of drug-likeness (QED) is 0.569. The summed E-state index contributed by atoms with van der Waals surface area (Å²) in [4.78, 5) is 24.1. The second-order valence-corrected chi connectivity index (χ2v) is 6.21. The molecule has 0 radical (unpaired) electrons. The van der Waals surface area contributed by atoms with Crippen molar-refractivity contribution < 1.29 is 14.3 Å². The van der Waals surface area contributed by atoms with Crippen molar-refractivity contribution in [3.05, 3.63) is 57.5 Å². The molecule has 1 aromatic carbocycles. The summed E-state index contributed by atoms with van der Waals surface area (Å²) in [5.74, 6) is 1.57. The molecule has 0 saturated heterocycles. The lowest BCUT2D eigenvalue weighted by Gasteiger charge is -2.15. The highest BCUT2D eigenvalue weighted by Gasteiger charge is 2.13. The first-order valence-corrected chi connectivity index (χ1v) is 8.86. The number of ketones is 1. The zero-order chi connectivity index (χ0) is 17.7. The number of Topliss-reactive ketones (excluding diaryl/α,β-unsaturated/α-hetero) is 1. The molecule has 0 aliphatic carbocycles. The number of ether oxygens (including phenoxy) is 2. The van der Waals surface area contributed by atoms with E-state index >= 15 is 0 Å². The first kappa shape index (κ1) is 18.1. The molecule has 0 fully saturated rings. The lowest BCUT2D eigenvalue weighted by atomic mass is 10.1. The molecule has 0 atom stereocenters. The summed E-state index contributed by atoms with van der Waals surface area (Å²) >= 11 is 1.54. The number of nitrogens with zero attached hydrogens (tertiary/aromatic N) is 1. The monoisotopic (exact) mass is 347 g/mol. The second-order valence-electron chi connectivity index (χ2n) is 5.40. The number of benzene rings is 1. The first-order valence-electron chi connectivity index (χ1n) is 7.47. The van der Waals surface area contributed by atoms with Gasteiger partial charge in [-0.15, -0.1) is 11.8 Å². The molecule has 128 valence electrons. The molecular weight excluding hydrogens is 326 g/mol. The van der Waals surface area contributed by atoms with Crippen molar-refractivity contribution in [1.82, 2.24) is 4.57 Å². The van der Waals surface area contributed by atoms with E-state index in [1.54, 1.807) is 37.1 Å². The highest BCUT2D eigenvalue weighted by Crippen LogP contribution is 2.29. The van der Waals surface area contributed by atoms with Gasteiger partial charge in [0.1, 0.15) is 5.94 Å². The van der Waals surface area contributed by atoms with Crippen LogP contribution in [0.2, 0.25) is 0 Å². The van der Waals surface area contributed by atoms with Gasteiger partial charge in [-0.3, -0.25) is 9.59 Å². The van der Waals surface area contributed by atoms with Crippen LogP contribution in [0.15, 0.2) is 35.1 Å². The van der Waals surface area contributed by atoms with E-state index in [0.29, 0.717) is 23.0 Å². The fourth-order valence-electron chi connectivity index (χ4n) is 2.46. The number of carbonyl (C=O) groups excluding carboxylic acids is 1. The Kier molecular flexibility index (Phi) is 6.09. The average molecular weight is 347 g/mol. The molecule has 6 heteroatoms. The molecule has 0 saturated carbocycles. The van der Waals surface area contributed by atoms with E-state index in [0.717, 1.165) is 11.4 Å². The largest absolute Gasteiger partial charge is 0.493 e. The highest BCUT2D eigenvalue weighted by atomic mass is 32.2. The zero-order valence-electron chi connectivity index (χ0n) is 14.3. The molecule has 0 aliphatic rings. The predicted molar refractivity (Wildman–Crippen MR) is 96.5 cm³/mol. The Bertz CT molecular complexity index is 772. The number of pyridine rings is 1. The number of thioether (sulfide) groups is 1. The van der Waals surface area contributed by atoms with Crippen LogP contribution in [0, 0.1) is 13.8 Å². The number of hydrogen-bond donors (Lipinski definition) is 0. The predicted octanol–water partition coefficient (Wildman–Crippen LogP) is 3.06. The van der Waals surface area contributed by atoms with Crippen molar-refractivity contribution in [2.45, 2.75) is 20.4 Å². The van der Waals surface area contributed by atoms with Gasteiger partial charge in [0.2, 0.25) is 0 Å². The molecular formula is C18H21NO4S. The van der Waals surface area contributed by atoms with Crippen LogP contribution in [0.4, 0.5) is 0 Å². The summed E-state index contributed by atoms with van der Waals surface area (Å²) in [6, 6.07) is 8.21. The molecule has 2 aromatic rings. The SMILES string of the molecule is COc1ccc(C(=O)Cn2c(C)cc(=O)cc2C)cc1OCSC. The third kappa shape index (κ3) is 4.20. The van der Waals surface area contributed by atoms with Crippen molar-refractivity contribution in [2.24, 2.45) is 0 Å². The number of carbonyl (C=O) groups is 1. The van der Waals surface area contributed by atoms with Gasteiger partial charge in [-0.05, 0) is 38.3 Å². The molecule has 0 unspecified atom stereocenters. The fraction of sp³-hybridized carbons (Fsp3) is 0.333. The summed E-state index contributed by atoms with van der Waals surface area (Å²) in [6.45, 7) is 3.82. The molecule has 0 bridgehead atoms. The fourth-order valence-corrected chi connectivity index (χ4v) is 2.70. The second kappa shape index (κ2) is 8.06. The Hall–Kier alpha value is -2.21. The van der Waals surface area contributed by atoms with E-state index in [9.17, 15) is 9.59 Å². The third-order valence-corrected chi connectivity index (χ3v) is 4.03. The van der Waals surface area contributed by atoms with Crippen molar-refractivity contribution in [3.8, 4) is 11.5 Å². The van der Waals surface area contributed by atoms with Crippen LogP contribution >= 0.6 is 11.8 Å². The number of hydrogen-bond acceptors (Lipinski definition) is 5. The molecule has 1 heterocycles. The Balaban J connectivity index is 2.28. The standard InChI is InChI=1S/C18H21NO4S/c1-12-7-15(20)8-13(2)19(12)10-16(21)14-5-6-17(22-3)18(9-14)23-11-24-4/h5-9H,10-11H2,1-4H3. The summed E-state index contributed by atoms with van der Waals surface area (Å²) in [6.07, 6.45) is 1.93. The lowest BCUT2D eigenvalue weighted by molar-refractivity contribution is 0.0970. The number of aromatic nitrogens is 1. The van der Waals surface area contributed by atoms with Gasteiger partial charge in [-0.2, -0.15) is 0 Å². The first-order chi connectivity index (χ1) is 11.5. The maximum absolute atomic E-state index is 12.6. The van der Waals surface area contributed by atoms with E-state index in [2.05, 4.69) is 0 Å². The number of rotatable bonds is 7. The van der Waals surface area contributed by atoms with Crippen LogP contribution < -0.4 is 14.9 Å². The maximum Gasteiger partial charge on any atom is 0.182 e. The van der Waals surface area contributed by atoms with Crippen molar-refractivity contribution in [2.75, 3.05) is 19.3 Å². The summed E-state index contributed by atoms with van der Waals surface area (Å²) < 4.78 is 12.7. The Labute approximate surface area is 145 Å². The van der Waals surface area contributed by atoms with E-state index in [4.69, 9.17) is 9.47 Å². The smallest absolute Gasteiger partial charge is 0.182 e. The molecule has 0 N–H and O–H groups in total. The van der Waals surface area contributed by atoms with Gasteiger partial charge in [-0.1, -0.05) is 0 Å². The van der Waals surface area contributed by atoms with Gasteiger partial charge >= 0.3 is 0 Å². The van der Waals surface area contributed by atoms with Crippen LogP contribution in [-0.4, -0.2) is 29.7 Å². The Morgan fingerprint density at radius 1 is 1.12 bits per heavy atom. The maximum atomic E-state index is 12.6. The highest BCUT2D eigenvalue weighted by molar-refractivity contribution is 7.98. The minimum absolute atomic E-state index is 0.0501. The van der Waals surface area contributed by atoms with E-state index in [-0.39, 0.29) is 17.8 Å². The van der Waals surface area contributed by atoms with Crippen LogP contribution in [0.5, 0.6) is 11.5 Å². The zero-order valence-corrected chi connectivity index (χ0v) is 15.1. The van der Waals surface area contributed by atoms with E-state index in [1.807, 2.05) is 24.7 Å². The molecule has 2 rings (SSSR count). The van der Waals surface area contributed by atoms with E-state index < -0.39 is 0 Å². The topological polar surface area (TPSA) is 57.5 Å². The summed E-state index contributed by atoms with van der Waals surface area (Å²) in [5, 5.41) is 0. The van der Waals surface area contributed by atoms with Crippen LogP contribution in [0.25, 0.3) is 0 Å². The molecule has 24 heavy (non-hydrogen) atoms. The molecule has 0 aliphatic heterocycles. The Morgan fingerprint density at radius 3 is 2.38 bits per heavy atom. The molecule has 0 spiro atoms. The van der Waals surface area contributed by atoms with Gasteiger partial charge in [0.25, 0.3) is 0 Å². The molecule has 1 aromatic heterocycles. The summed E-state index contributed by atoms with van der Waals surface area (Å²) in [7, 11) is 1.57. The lowest BCUT2D eigenvalue weighted by Crippen LogP contribution is -2.18. The van der Waals surface area contributed by atoms with Crippen LogP contribution in [-0.2, 0) is 6.54 Å². The third-order valence-electron chi connectivity index (χ3n) is 3.67. The van der Waals surface area contributed by atoms with Crippen molar-refractivity contribution in [1.29, 1.82) is 0 Å². The minimum atomic E-state index is -0.0542. The van der Waals surface area contributed by atoms with Crippen molar-refractivity contribution in [3.63, 3.8) is 0 Å². The number of aryl methyl sites for hydroxylation is 2. The van der Waals surface area contributed by atoms with Gasteiger partial charge in [0.15, 0.2) is 22.7 Å². The van der Waals surface area contributed by atoms with Gasteiger partial charge in [0, 0.05) is 29.1 Å². The molecule has 5 nitrogen and oxygen atoms in total. The van der Waals surface area contributed by atoms with Gasteiger partial charge in [0.05, 0.1) is 13.7 Å². The van der Waals surface area contributed by atoms with Gasteiger partial charge < -0.3 is 14.0 Å². The minimum Gasteiger partial charge on any atom is -0.493 e. The van der Waals surface area contributed by atoms with Crippen LogP contribution in [0.3, 0.4) is 0 Å². The Morgan fingerprint density at radius 2 is 1.79 bits per heavy atom. The molecule has 0 amide bonds. The number of methoxy groups -OCH3 is 1. The normalized spacial score (nSPS) is 10.5. The average Bonchev–Trinajstić information content (AvgIpc) is 2.55. The van der Waals surface area contributed by atoms with Crippen molar-refractivity contribution >= 4 is 17.5 Å². The van der Waals surface area contributed by atoms with Gasteiger partial charge in [-0.25, -0.2) is 0 Å². The summed E-state index contributed by atoms with van der Waals surface area (Å²) in [5.41, 5.74) is 2.02. The van der Waals surface area contributed by atoms with E-state index in [1.165, 1.54) is 12.1 Å². The van der Waals surface area contributed by atoms with Crippen LogP contribution in [0.1, 0.15) is 21.7 Å².